The zero-order valence-electron chi connectivity index (χ0n) is 5.80. The third-order valence-corrected chi connectivity index (χ3v) is 1.30. The topological polar surface area (TPSA) is 29.5 Å². The Hall–Kier alpha value is -0.310. The smallest absolute Gasteiger partial charge is 0.338 e. The first-order valence-electron chi connectivity index (χ1n) is 3.02. The van der Waals surface area contributed by atoms with Crippen molar-refractivity contribution < 1.29 is 9.84 Å². The predicted molar refractivity (Wildman–Crippen MR) is 49.0 cm³/mol. The van der Waals surface area contributed by atoms with Gasteiger partial charge < -0.3 is 9.84 Å². The van der Waals surface area contributed by atoms with E-state index in [2.05, 4.69) is 0 Å². The molecule has 0 bridgehead atoms. The van der Waals surface area contributed by atoms with E-state index in [0.29, 0.717) is 5.75 Å². The SMILES string of the molecule is Oc1ccc(OC(Cl)(Cl)Cl)cc1. The van der Waals surface area contributed by atoms with Crippen LogP contribution >= 0.6 is 34.8 Å². The Bertz CT molecular complexity index is 252. The lowest BCUT2D eigenvalue weighted by molar-refractivity contribution is 0.320. The molecule has 0 aromatic heterocycles. The molecule has 0 saturated carbocycles. The fraction of sp³-hybridized carbons (Fsp3) is 0.143. The Morgan fingerprint density at radius 3 is 2.00 bits per heavy atom. The van der Waals surface area contributed by atoms with Gasteiger partial charge in [0.25, 0.3) is 0 Å². The molecule has 2 nitrogen and oxygen atoms in total. The molecule has 0 spiro atoms. The van der Waals surface area contributed by atoms with Gasteiger partial charge in [-0.15, -0.1) is 0 Å². The van der Waals surface area contributed by atoms with Crippen LogP contribution in [-0.2, 0) is 0 Å². The number of rotatable bonds is 1. The van der Waals surface area contributed by atoms with Crippen LogP contribution in [-0.4, -0.2) is 9.09 Å². The van der Waals surface area contributed by atoms with Crippen molar-refractivity contribution in [3.63, 3.8) is 0 Å². The van der Waals surface area contributed by atoms with Crippen LogP contribution in [0.3, 0.4) is 0 Å². The van der Waals surface area contributed by atoms with Gasteiger partial charge in [0.1, 0.15) is 11.5 Å². The van der Waals surface area contributed by atoms with E-state index in [4.69, 9.17) is 44.6 Å². The normalized spacial score (nSPS) is 11.2. The van der Waals surface area contributed by atoms with E-state index in [-0.39, 0.29) is 5.75 Å². The van der Waals surface area contributed by atoms with Crippen LogP contribution in [0.1, 0.15) is 0 Å². The maximum absolute atomic E-state index is 8.90. The molecule has 0 aliphatic rings. The molecule has 1 aromatic carbocycles. The molecule has 66 valence electrons. The van der Waals surface area contributed by atoms with Crippen molar-refractivity contribution in [3.8, 4) is 11.5 Å². The number of hydrogen-bond donors (Lipinski definition) is 1. The van der Waals surface area contributed by atoms with Crippen LogP contribution < -0.4 is 4.74 Å². The molecule has 0 saturated heterocycles. The van der Waals surface area contributed by atoms with Crippen molar-refractivity contribution in [1.29, 1.82) is 0 Å². The first kappa shape index (κ1) is 9.78. The van der Waals surface area contributed by atoms with Crippen molar-refractivity contribution in [2.75, 3.05) is 0 Å². The molecule has 0 atom stereocenters. The van der Waals surface area contributed by atoms with Gasteiger partial charge in [0.15, 0.2) is 0 Å². The lowest BCUT2D eigenvalue weighted by Gasteiger charge is -2.12. The lowest BCUT2D eigenvalue weighted by atomic mass is 10.3. The van der Waals surface area contributed by atoms with Crippen molar-refractivity contribution in [2.45, 2.75) is 3.98 Å². The third-order valence-electron chi connectivity index (χ3n) is 1.07. The van der Waals surface area contributed by atoms with Gasteiger partial charge in [-0.3, -0.25) is 0 Å². The first-order valence-corrected chi connectivity index (χ1v) is 4.15. The molecule has 1 aromatic rings. The summed E-state index contributed by atoms with van der Waals surface area (Å²) in [5, 5.41) is 8.90. The van der Waals surface area contributed by atoms with Gasteiger partial charge in [-0.2, -0.15) is 0 Å². The molecular formula is C7H5Cl3O2. The van der Waals surface area contributed by atoms with Crippen LogP contribution in [0.5, 0.6) is 11.5 Å². The molecule has 12 heavy (non-hydrogen) atoms. The fourth-order valence-electron chi connectivity index (χ4n) is 0.648. The summed E-state index contributed by atoms with van der Waals surface area (Å²) in [6, 6.07) is 5.87. The molecule has 0 fully saturated rings. The van der Waals surface area contributed by atoms with Gasteiger partial charge in [0.2, 0.25) is 0 Å². The predicted octanol–water partition coefficient (Wildman–Crippen LogP) is 3.10. The number of phenolic OH excluding ortho intramolecular Hbond substituents is 1. The summed E-state index contributed by atoms with van der Waals surface area (Å²) < 4.78 is 3.07. The number of ether oxygens (including phenoxy) is 1. The summed E-state index contributed by atoms with van der Waals surface area (Å²) in [7, 11) is 0. The molecular weight excluding hydrogens is 222 g/mol. The van der Waals surface area contributed by atoms with Crippen molar-refractivity contribution in [3.05, 3.63) is 24.3 Å². The van der Waals surface area contributed by atoms with E-state index in [1.165, 1.54) is 24.3 Å². The molecule has 0 heterocycles. The Balaban J connectivity index is 2.71. The molecule has 0 amide bonds. The average Bonchev–Trinajstić information content (AvgIpc) is 1.91. The minimum Gasteiger partial charge on any atom is -0.508 e. The number of aromatic hydroxyl groups is 1. The maximum Gasteiger partial charge on any atom is 0.338 e. The highest BCUT2D eigenvalue weighted by molar-refractivity contribution is 6.66. The van der Waals surface area contributed by atoms with Gasteiger partial charge in [-0.1, -0.05) is 0 Å². The Morgan fingerprint density at radius 2 is 1.58 bits per heavy atom. The van der Waals surface area contributed by atoms with E-state index in [1.807, 2.05) is 0 Å². The van der Waals surface area contributed by atoms with Crippen LogP contribution in [0.25, 0.3) is 0 Å². The van der Waals surface area contributed by atoms with Crippen molar-refractivity contribution >= 4 is 34.8 Å². The highest BCUT2D eigenvalue weighted by atomic mass is 35.6. The number of phenols is 1. The Morgan fingerprint density at radius 1 is 1.08 bits per heavy atom. The van der Waals surface area contributed by atoms with Crippen molar-refractivity contribution in [2.24, 2.45) is 0 Å². The summed E-state index contributed by atoms with van der Waals surface area (Å²) >= 11 is 16.1. The van der Waals surface area contributed by atoms with Gasteiger partial charge in [0.05, 0.1) is 0 Å². The summed E-state index contributed by atoms with van der Waals surface area (Å²) in [6.07, 6.45) is 0. The van der Waals surface area contributed by atoms with Crippen LogP contribution in [0.4, 0.5) is 0 Å². The second-order valence-corrected chi connectivity index (χ2v) is 4.22. The first-order chi connectivity index (χ1) is 5.47. The molecule has 0 unspecified atom stereocenters. The highest BCUT2D eigenvalue weighted by Crippen LogP contribution is 2.30. The van der Waals surface area contributed by atoms with Crippen LogP contribution in [0.15, 0.2) is 24.3 Å². The third kappa shape index (κ3) is 3.39. The molecule has 1 rings (SSSR count). The van der Waals surface area contributed by atoms with E-state index in [9.17, 15) is 0 Å². The molecule has 0 aliphatic heterocycles. The second-order valence-electron chi connectivity index (χ2n) is 2.04. The average molecular weight is 227 g/mol. The van der Waals surface area contributed by atoms with Gasteiger partial charge >= 0.3 is 3.98 Å². The fourth-order valence-corrected chi connectivity index (χ4v) is 0.915. The molecule has 1 N–H and O–H groups in total. The number of halogens is 3. The van der Waals surface area contributed by atoms with E-state index >= 15 is 0 Å². The van der Waals surface area contributed by atoms with E-state index in [0.717, 1.165) is 0 Å². The minimum atomic E-state index is -1.77. The minimum absolute atomic E-state index is 0.131. The van der Waals surface area contributed by atoms with Gasteiger partial charge in [-0.05, 0) is 59.1 Å². The number of hydrogen-bond acceptors (Lipinski definition) is 2. The van der Waals surface area contributed by atoms with Gasteiger partial charge in [0, 0.05) is 0 Å². The number of benzene rings is 1. The summed E-state index contributed by atoms with van der Waals surface area (Å²) in [5.74, 6) is 0.513. The standard InChI is InChI=1S/C7H5Cl3O2/c8-7(9,10)12-6-3-1-5(11)2-4-6/h1-4,11H. The van der Waals surface area contributed by atoms with Crippen molar-refractivity contribution in [1.82, 2.24) is 0 Å². The second kappa shape index (κ2) is 3.60. The molecule has 5 heteroatoms. The Kier molecular flexibility index (Phi) is 2.94. The largest absolute Gasteiger partial charge is 0.508 e. The molecule has 0 aliphatic carbocycles. The highest BCUT2D eigenvalue weighted by Gasteiger charge is 2.21. The van der Waals surface area contributed by atoms with Gasteiger partial charge in [-0.25, -0.2) is 0 Å². The summed E-state index contributed by atoms with van der Waals surface area (Å²) in [6.45, 7) is 0. The quantitative estimate of drug-likeness (QED) is 0.747. The van der Waals surface area contributed by atoms with E-state index in [1.54, 1.807) is 0 Å². The monoisotopic (exact) mass is 226 g/mol. The number of alkyl halides is 3. The zero-order valence-corrected chi connectivity index (χ0v) is 8.07. The molecule has 0 radical (unpaired) electrons. The summed E-state index contributed by atoms with van der Waals surface area (Å²) in [5.41, 5.74) is 0. The van der Waals surface area contributed by atoms with E-state index < -0.39 is 3.98 Å². The Labute approximate surface area is 84.6 Å². The summed E-state index contributed by atoms with van der Waals surface area (Å²) in [4.78, 5) is 0. The lowest BCUT2D eigenvalue weighted by Crippen LogP contribution is -2.12. The maximum atomic E-state index is 8.90. The van der Waals surface area contributed by atoms with Crippen LogP contribution in [0.2, 0.25) is 0 Å². The zero-order chi connectivity index (χ0) is 9.19. The van der Waals surface area contributed by atoms with Crippen LogP contribution in [0, 0.1) is 0 Å².